The van der Waals surface area contributed by atoms with E-state index in [1.165, 1.54) is 34.8 Å². The number of halogens is 1. The van der Waals surface area contributed by atoms with Crippen LogP contribution in [0.5, 0.6) is 5.75 Å². The lowest BCUT2D eigenvalue weighted by molar-refractivity contribution is 0.0690. The number of hydrogen-bond donors (Lipinski definition) is 5. The van der Waals surface area contributed by atoms with Gasteiger partial charge in [-0.2, -0.15) is 8.42 Å². The van der Waals surface area contributed by atoms with Gasteiger partial charge < -0.3 is 30.5 Å². The molecule has 5 rings (SSSR count). The number of aromatic carboxylic acids is 1. The number of hydrogen-bond acceptors (Lipinski definition) is 14. The first-order valence-electron chi connectivity index (χ1n) is 16.7. The number of carbonyl (C=O) groups is 1. The number of benzene rings is 2. The molecule has 0 radical (unpaired) electrons. The molecule has 2 aromatic carbocycles. The van der Waals surface area contributed by atoms with E-state index in [-0.39, 0.29) is 43.4 Å². The summed E-state index contributed by atoms with van der Waals surface area (Å²) in [6.07, 6.45) is 2.08. The van der Waals surface area contributed by atoms with Crippen molar-refractivity contribution in [3.05, 3.63) is 76.0 Å². The average molecular weight is 784 g/mol. The zero-order valence-corrected chi connectivity index (χ0v) is 31.2. The number of ether oxygens (including phenoxy) is 1. The number of carboxylic acids is 1. The molecule has 0 aliphatic rings. The van der Waals surface area contributed by atoms with Crippen molar-refractivity contribution >= 4 is 70.9 Å². The molecule has 0 saturated carbocycles. The van der Waals surface area contributed by atoms with Crippen LogP contribution in [0.15, 0.2) is 48.5 Å². The summed E-state index contributed by atoms with van der Waals surface area (Å²) in [6, 6.07) is 14.0. The number of thiazole rings is 2. The van der Waals surface area contributed by atoms with Crippen molar-refractivity contribution in [1.82, 2.24) is 25.5 Å². The number of unbranched alkanes of at least 4 members (excludes halogenated alkanes) is 1. The van der Waals surface area contributed by atoms with Crippen LogP contribution in [0.25, 0.3) is 10.2 Å². The second-order valence-corrected chi connectivity index (χ2v) is 15.4. The summed E-state index contributed by atoms with van der Waals surface area (Å²) in [4.78, 5) is 23.6. The molecule has 0 atom stereocenters. The van der Waals surface area contributed by atoms with Gasteiger partial charge in [-0.1, -0.05) is 35.3 Å². The van der Waals surface area contributed by atoms with Gasteiger partial charge >= 0.3 is 5.97 Å². The Morgan fingerprint density at radius 2 is 1.89 bits per heavy atom. The molecule has 5 N–H and O–H groups in total. The first-order valence-corrected chi connectivity index (χ1v) is 19.9. The van der Waals surface area contributed by atoms with Crippen LogP contribution in [0.4, 0.5) is 26.3 Å². The summed E-state index contributed by atoms with van der Waals surface area (Å²) in [5.74, 6) is 4.58. The molecular formula is C35H38FN7O7S3. The molecule has 0 amide bonds. The van der Waals surface area contributed by atoms with Gasteiger partial charge in [-0.05, 0) is 87.5 Å². The van der Waals surface area contributed by atoms with E-state index in [1.807, 2.05) is 37.3 Å². The Kier molecular flexibility index (Phi) is 14.0. The van der Waals surface area contributed by atoms with E-state index in [9.17, 15) is 27.8 Å². The number of aliphatic hydroxyl groups excluding tert-OH is 1. The van der Waals surface area contributed by atoms with E-state index in [0.717, 1.165) is 15.8 Å². The lowest BCUT2D eigenvalue weighted by Gasteiger charge is -2.21. The third-order valence-corrected chi connectivity index (χ3v) is 10.5. The molecule has 3 aromatic heterocycles. The van der Waals surface area contributed by atoms with Crippen molar-refractivity contribution in [2.75, 3.05) is 48.8 Å². The number of carboxylic acid groups (broad SMARTS) is 1. The highest BCUT2D eigenvalue weighted by molar-refractivity contribution is 7.85. The number of aromatic nitrogens is 4. The lowest BCUT2D eigenvalue weighted by atomic mass is 10.2. The van der Waals surface area contributed by atoms with Crippen molar-refractivity contribution in [2.45, 2.75) is 39.0 Å². The number of rotatable bonds is 19. The number of nitrogens with zero attached hydrogens (tertiary/aromatic N) is 5. The fourth-order valence-electron chi connectivity index (χ4n) is 5.02. The van der Waals surface area contributed by atoms with Crippen LogP contribution in [-0.4, -0.2) is 87.9 Å². The molecule has 0 saturated heterocycles. The first kappa shape index (κ1) is 39.4. The van der Waals surface area contributed by atoms with Gasteiger partial charge in [-0.15, -0.1) is 21.5 Å². The van der Waals surface area contributed by atoms with Crippen LogP contribution < -0.4 is 20.3 Å². The average Bonchev–Trinajstić information content (AvgIpc) is 3.73. The number of para-hydroxylation sites is 1. The van der Waals surface area contributed by atoms with Crippen LogP contribution in [0.2, 0.25) is 0 Å². The Bertz CT molecular complexity index is 2170. The van der Waals surface area contributed by atoms with E-state index >= 15 is 0 Å². The predicted molar refractivity (Wildman–Crippen MR) is 203 cm³/mol. The SMILES string of the molecule is Cc1cc(N(CCCCO)c2nc(C(=O)O)c(CCCOc3ccc(C#CCNCCCS(=O)(=O)O)cc3F)s2)nnc1Nc1nc2ccccc2s1. The number of anilines is 4. The van der Waals surface area contributed by atoms with Gasteiger partial charge in [-0.25, -0.2) is 19.2 Å². The van der Waals surface area contributed by atoms with Crippen LogP contribution in [0, 0.1) is 24.6 Å². The summed E-state index contributed by atoms with van der Waals surface area (Å²) in [5.41, 5.74) is 2.02. The maximum absolute atomic E-state index is 14.7. The minimum atomic E-state index is -4.00. The van der Waals surface area contributed by atoms with Gasteiger partial charge in [0.05, 0.1) is 29.1 Å². The maximum atomic E-state index is 14.7. The predicted octanol–water partition coefficient (Wildman–Crippen LogP) is 5.57. The number of fused-ring (bicyclic) bond motifs is 1. The van der Waals surface area contributed by atoms with E-state index in [4.69, 9.17) is 9.29 Å². The fourth-order valence-corrected chi connectivity index (χ4v) is 7.52. The molecule has 0 aliphatic carbocycles. The zero-order valence-electron chi connectivity index (χ0n) is 28.7. The summed E-state index contributed by atoms with van der Waals surface area (Å²) in [5, 5.41) is 35.5. The van der Waals surface area contributed by atoms with Gasteiger partial charge in [0.15, 0.2) is 39.2 Å². The third kappa shape index (κ3) is 11.6. The van der Waals surface area contributed by atoms with E-state index in [2.05, 4.69) is 42.6 Å². The monoisotopic (exact) mass is 783 g/mol. The van der Waals surface area contributed by atoms with Gasteiger partial charge in [0.2, 0.25) is 0 Å². The molecule has 53 heavy (non-hydrogen) atoms. The molecule has 0 spiro atoms. The molecular weight excluding hydrogens is 746 g/mol. The van der Waals surface area contributed by atoms with Crippen LogP contribution in [0.3, 0.4) is 0 Å². The molecule has 3 heterocycles. The van der Waals surface area contributed by atoms with Crippen LogP contribution in [0.1, 0.15) is 52.2 Å². The summed E-state index contributed by atoms with van der Waals surface area (Å²) >= 11 is 2.72. The summed E-state index contributed by atoms with van der Waals surface area (Å²) in [6.45, 7) is 3.04. The number of nitrogens with one attached hydrogen (secondary N) is 2. The second-order valence-electron chi connectivity index (χ2n) is 11.7. The zero-order chi connectivity index (χ0) is 37.8. The van der Waals surface area contributed by atoms with E-state index in [0.29, 0.717) is 71.1 Å². The highest BCUT2D eigenvalue weighted by Gasteiger charge is 2.23. The largest absolute Gasteiger partial charge is 0.491 e. The Balaban J connectivity index is 1.20. The maximum Gasteiger partial charge on any atom is 0.355 e. The minimum absolute atomic E-state index is 0.00525. The van der Waals surface area contributed by atoms with Gasteiger partial charge in [0.25, 0.3) is 10.1 Å². The summed E-state index contributed by atoms with van der Waals surface area (Å²) < 4.78 is 51.7. The highest BCUT2D eigenvalue weighted by Crippen LogP contribution is 2.34. The third-order valence-electron chi connectivity index (χ3n) is 7.62. The molecule has 5 aromatic rings. The number of aryl methyl sites for hydroxylation is 2. The highest BCUT2D eigenvalue weighted by atomic mass is 32.2. The van der Waals surface area contributed by atoms with Gasteiger partial charge in [0, 0.05) is 23.6 Å². The Morgan fingerprint density at radius 1 is 1.06 bits per heavy atom. The smallest absolute Gasteiger partial charge is 0.355 e. The molecule has 0 aliphatic heterocycles. The van der Waals surface area contributed by atoms with Gasteiger partial charge in [0.1, 0.15) is 0 Å². The van der Waals surface area contributed by atoms with E-state index in [1.54, 1.807) is 11.0 Å². The van der Waals surface area contributed by atoms with Crippen LogP contribution >= 0.6 is 22.7 Å². The quantitative estimate of drug-likeness (QED) is 0.0395. The standard InChI is InChI=1S/C35H38FN7O7S3/c1-23-21-30(41-42-32(23)40-34-38-26-10-2-3-11-28(26)51-34)43(17-4-5-18-44)35-39-31(33(45)46)29(52-35)12-7-19-50-27-14-13-24(22-25(27)36)9-6-15-37-16-8-20-53(47,48)49/h2-3,10-11,13-14,21-22,37,44H,4-5,7-8,12,15-20H2,1H3,(H,45,46)(H,38,40,42)(H,47,48,49). The fraction of sp³-hybridized carbons (Fsp3) is 0.343. The molecule has 0 fully saturated rings. The number of aliphatic hydroxyl groups is 1. The molecule has 18 heteroatoms. The van der Waals surface area contributed by atoms with Crippen molar-refractivity contribution in [3.8, 4) is 17.6 Å². The molecule has 0 unspecified atom stereocenters. The van der Waals surface area contributed by atoms with Crippen LogP contribution in [-0.2, 0) is 16.5 Å². The Morgan fingerprint density at radius 3 is 2.62 bits per heavy atom. The molecule has 0 bridgehead atoms. The molecule has 14 nitrogen and oxygen atoms in total. The second kappa shape index (κ2) is 18.8. The van der Waals surface area contributed by atoms with Crippen molar-refractivity contribution in [1.29, 1.82) is 0 Å². The lowest BCUT2D eigenvalue weighted by Crippen LogP contribution is -2.21. The normalized spacial score (nSPS) is 11.3. The first-order chi connectivity index (χ1) is 25.5. The topological polar surface area (TPSA) is 200 Å². The van der Waals surface area contributed by atoms with Crippen molar-refractivity contribution in [2.24, 2.45) is 0 Å². The summed E-state index contributed by atoms with van der Waals surface area (Å²) in [7, 11) is -4.00. The van der Waals surface area contributed by atoms with Crippen molar-refractivity contribution in [3.63, 3.8) is 0 Å². The Labute approximate surface area is 313 Å². The van der Waals surface area contributed by atoms with E-state index < -0.39 is 21.9 Å². The van der Waals surface area contributed by atoms with Crippen molar-refractivity contribution < 1.29 is 37.1 Å². The Hall–Kier alpha value is -4.77. The van der Waals surface area contributed by atoms with Gasteiger partial charge in [-0.3, -0.25) is 4.55 Å². The minimum Gasteiger partial charge on any atom is -0.491 e. The molecule has 280 valence electrons.